The van der Waals surface area contributed by atoms with E-state index in [9.17, 15) is 4.79 Å². The Morgan fingerprint density at radius 1 is 1.05 bits per heavy atom. The van der Waals surface area contributed by atoms with Crippen LogP contribution in [0.3, 0.4) is 0 Å². The van der Waals surface area contributed by atoms with Crippen molar-refractivity contribution in [3.63, 3.8) is 0 Å². The van der Waals surface area contributed by atoms with Crippen molar-refractivity contribution < 1.29 is 4.79 Å². The second kappa shape index (κ2) is 6.10. The van der Waals surface area contributed by atoms with Crippen LogP contribution < -0.4 is 5.43 Å². The van der Waals surface area contributed by atoms with Gasteiger partial charge in [0, 0.05) is 11.9 Å². The smallest absolute Gasteiger partial charge is 0.267 e. The lowest BCUT2D eigenvalue weighted by Gasteiger charge is -2.03. The van der Waals surface area contributed by atoms with Gasteiger partial charge in [0.05, 0.1) is 11.3 Å². The Morgan fingerprint density at radius 2 is 1.70 bits per heavy atom. The molecule has 0 aliphatic heterocycles. The molecule has 2 rings (SSSR count). The summed E-state index contributed by atoms with van der Waals surface area (Å²) in [5.74, 6) is -0.260. The third-order valence-electron chi connectivity index (χ3n) is 2.97. The predicted molar refractivity (Wildman–Crippen MR) is 79.8 cm³/mol. The summed E-state index contributed by atoms with van der Waals surface area (Å²) in [5, 5.41) is 4.11. The molecule has 102 valence electrons. The van der Waals surface area contributed by atoms with Crippen LogP contribution >= 0.6 is 0 Å². The first-order valence-electron chi connectivity index (χ1n) is 6.40. The van der Waals surface area contributed by atoms with E-state index < -0.39 is 0 Å². The second-order valence-electron chi connectivity index (χ2n) is 4.69. The quantitative estimate of drug-likeness (QED) is 0.686. The molecule has 0 atom stereocenters. The average molecular weight is 267 g/mol. The summed E-state index contributed by atoms with van der Waals surface area (Å²) < 4.78 is 0. The molecule has 0 aliphatic carbocycles. The summed E-state index contributed by atoms with van der Waals surface area (Å²) in [4.78, 5) is 16.0. The molecule has 0 unspecified atom stereocenters. The molecule has 4 nitrogen and oxygen atoms in total. The largest absolute Gasteiger partial charge is 0.272 e. The van der Waals surface area contributed by atoms with E-state index in [-0.39, 0.29) is 5.91 Å². The molecule has 0 aliphatic rings. The fraction of sp³-hybridized carbons (Fsp3) is 0.188. The summed E-state index contributed by atoms with van der Waals surface area (Å²) in [6, 6.07) is 11.5. The maximum absolute atomic E-state index is 11.9. The summed E-state index contributed by atoms with van der Waals surface area (Å²) in [6.07, 6.45) is 1.54. The van der Waals surface area contributed by atoms with E-state index in [4.69, 9.17) is 0 Å². The molecule has 1 aromatic heterocycles. The van der Waals surface area contributed by atoms with E-state index in [1.807, 2.05) is 45.0 Å². The number of aromatic nitrogens is 1. The van der Waals surface area contributed by atoms with E-state index in [0.717, 1.165) is 17.0 Å². The molecule has 0 radical (unpaired) electrons. The number of amides is 1. The van der Waals surface area contributed by atoms with Crippen molar-refractivity contribution in [1.29, 1.82) is 0 Å². The maximum Gasteiger partial charge on any atom is 0.272 e. The normalized spacial score (nSPS) is 11.2. The molecular weight excluding hydrogens is 250 g/mol. The molecule has 4 heteroatoms. The molecule has 1 N–H and O–H groups in total. The highest BCUT2D eigenvalue weighted by Crippen LogP contribution is 2.04. The van der Waals surface area contributed by atoms with Gasteiger partial charge in [-0.15, -0.1) is 0 Å². The Hall–Kier alpha value is -2.49. The van der Waals surface area contributed by atoms with Crippen molar-refractivity contribution >= 4 is 11.6 Å². The van der Waals surface area contributed by atoms with Gasteiger partial charge in [-0.05, 0) is 38.5 Å². The molecule has 1 amide bonds. The molecule has 1 aromatic carbocycles. The first-order chi connectivity index (χ1) is 9.56. The van der Waals surface area contributed by atoms with Crippen molar-refractivity contribution in [3.05, 3.63) is 65.0 Å². The first kappa shape index (κ1) is 13.9. The fourth-order valence-electron chi connectivity index (χ4n) is 1.66. The van der Waals surface area contributed by atoms with Gasteiger partial charge in [-0.25, -0.2) is 5.43 Å². The predicted octanol–water partition coefficient (Wildman–Crippen LogP) is 2.85. The Bertz CT molecular complexity index is 628. The number of carbonyl (C=O) groups is 1. The van der Waals surface area contributed by atoms with E-state index in [1.54, 1.807) is 18.3 Å². The lowest BCUT2D eigenvalue weighted by atomic mass is 10.1. The lowest BCUT2D eigenvalue weighted by molar-refractivity contribution is 0.0954. The minimum atomic E-state index is -0.260. The average Bonchev–Trinajstić information content (AvgIpc) is 2.46. The van der Waals surface area contributed by atoms with Gasteiger partial charge in [-0.1, -0.05) is 29.8 Å². The number of hydrogen-bond donors (Lipinski definition) is 1. The zero-order valence-electron chi connectivity index (χ0n) is 11.8. The van der Waals surface area contributed by atoms with E-state index >= 15 is 0 Å². The molecule has 0 bridgehead atoms. The van der Waals surface area contributed by atoms with E-state index in [1.165, 1.54) is 5.56 Å². The van der Waals surface area contributed by atoms with Crippen molar-refractivity contribution in [2.45, 2.75) is 20.8 Å². The number of rotatable bonds is 3. The van der Waals surface area contributed by atoms with Gasteiger partial charge in [0.25, 0.3) is 5.91 Å². The molecule has 2 aromatic rings. The van der Waals surface area contributed by atoms with Crippen LogP contribution in [0.1, 0.15) is 34.1 Å². The van der Waals surface area contributed by atoms with Crippen molar-refractivity contribution in [3.8, 4) is 0 Å². The Labute approximate surface area is 118 Å². The van der Waals surface area contributed by atoms with Crippen LogP contribution in [0, 0.1) is 13.8 Å². The van der Waals surface area contributed by atoms with Crippen LogP contribution in [0.4, 0.5) is 0 Å². The summed E-state index contributed by atoms with van der Waals surface area (Å²) >= 11 is 0. The number of nitrogens with one attached hydrogen (secondary N) is 1. The summed E-state index contributed by atoms with van der Waals surface area (Å²) in [6.45, 7) is 5.77. The van der Waals surface area contributed by atoms with Crippen molar-refractivity contribution in [2.24, 2.45) is 5.10 Å². The minimum Gasteiger partial charge on any atom is -0.267 e. The molecule has 0 fully saturated rings. The van der Waals surface area contributed by atoms with Gasteiger partial charge in [-0.2, -0.15) is 5.10 Å². The van der Waals surface area contributed by atoms with E-state index in [2.05, 4.69) is 15.5 Å². The summed E-state index contributed by atoms with van der Waals surface area (Å²) in [5.41, 5.74) is 6.85. The number of hydrazone groups is 1. The zero-order chi connectivity index (χ0) is 14.5. The molecular formula is C16H17N3O. The topological polar surface area (TPSA) is 54.4 Å². The summed E-state index contributed by atoms with van der Waals surface area (Å²) in [7, 11) is 0. The standard InChI is InChI=1S/C16H17N3O/c1-11-4-7-14(8-5-11)13(3)18-19-16(20)15-9-6-12(2)17-10-15/h4-10H,1-3H3,(H,19,20). The fourth-order valence-corrected chi connectivity index (χ4v) is 1.66. The van der Waals surface area contributed by atoms with Crippen LogP contribution in [0.5, 0.6) is 0 Å². The van der Waals surface area contributed by atoms with Gasteiger partial charge >= 0.3 is 0 Å². The third kappa shape index (κ3) is 3.51. The number of carbonyl (C=O) groups excluding carboxylic acids is 1. The number of hydrogen-bond acceptors (Lipinski definition) is 3. The Balaban J connectivity index is 2.06. The van der Waals surface area contributed by atoms with Gasteiger partial charge in [0.1, 0.15) is 0 Å². The number of benzene rings is 1. The van der Waals surface area contributed by atoms with Gasteiger partial charge < -0.3 is 0 Å². The van der Waals surface area contributed by atoms with Crippen molar-refractivity contribution in [2.75, 3.05) is 0 Å². The minimum absolute atomic E-state index is 0.260. The Kier molecular flexibility index (Phi) is 4.25. The molecule has 0 saturated heterocycles. The molecule has 20 heavy (non-hydrogen) atoms. The second-order valence-corrected chi connectivity index (χ2v) is 4.69. The highest BCUT2D eigenvalue weighted by atomic mass is 16.2. The first-order valence-corrected chi connectivity index (χ1v) is 6.40. The SMILES string of the molecule is CC(=NNC(=O)c1ccc(C)nc1)c1ccc(C)cc1. The zero-order valence-corrected chi connectivity index (χ0v) is 11.8. The lowest BCUT2D eigenvalue weighted by Crippen LogP contribution is -2.19. The van der Waals surface area contributed by atoms with E-state index in [0.29, 0.717) is 5.56 Å². The van der Waals surface area contributed by atoms with Crippen LogP contribution in [0.15, 0.2) is 47.7 Å². The van der Waals surface area contributed by atoms with Crippen LogP contribution in [-0.4, -0.2) is 16.6 Å². The highest BCUT2D eigenvalue weighted by Gasteiger charge is 2.05. The van der Waals surface area contributed by atoms with Crippen LogP contribution in [0.25, 0.3) is 0 Å². The van der Waals surface area contributed by atoms with Gasteiger partial charge in [0.2, 0.25) is 0 Å². The third-order valence-corrected chi connectivity index (χ3v) is 2.97. The number of pyridine rings is 1. The van der Waals surface area contributed by atoms with Gasteiger partial charge in [-0.3, -0.25) is 9.78 Å². The van der Waals surface area contributed by atoms with Gasteiger partial charge in [0.15, 0.2) is 0 Å². The number of nitrogens with zero attached hydrogens (tertiary/aromatic N) is 2. The molecule has 0 saturated carbocycles. The monoisotopic (exact) mass is 267 g/mol. The maximum atomic E-state index is 11.9. The number of aryl methyl sites for hydroxylation is 2. The Morgan fingerprint density at radius 3 is 2.30 bits per heavy atom. The van der Waals surface area contributed by atoms with Crippen LogP contribution in [-0.2, 0) is 0 Å². The molecule has 1 heterocycles. The highest BCUT2D eigenvalue weighted by molar-refractivity contribution is 6.00. The molecule has 0 spiro atoms. The van der Waals surface area contributed by atoms with Crippen LogP contribution in [0.2, 0.25) is 0 Å². The van der Waals surface area contributed by atoms with Crippen molar-refractivity contribution in [1.82, 2.24) is 10.4 Å².